The number of halogens is 2. The zero-order valence-corrected chi connectivity index (χ0v) is 17.8. The van der Waals surface area contributed by atoms with Gasteiger partial charge in [0, 0.05) is 29.3 Å². The zero-order chi connectivity index (χ0) is 21.3. The molecule has 4 rings (SSSR count). The number of ether oxygens (including phenoxy) is 1. The van der Waals surface area contributed by atoms with E-state index in [1.54, 1.807) is 18.2 Å². The van der Waals surface area contributed by atoms with Crippen LogP contribution in [0.3, 0.4) is 0 Å². The minimum atomic E-state index is -0.766. The monoisotopic (exact) mass is 448 g/mol. The lowest BCUT2D eigenvalue weighted by Crippen LogP contribution is -2.44. The van der Waals surface area contributed by atoms with Crippen molar-refractivity contribution < 1.29 is 19.4 Å². The average molecular weight is 449 g/mol. The van der Waals surface area contributed by atoms with Crippen LogP contribution in [0.2, 0.25) is 10.0 Å². The van der Waals surface area contributed by atoms with Crippen molar-refractivity contribution in [3.63, 3.8) is 0 Å². The summed E-state index contributed by atoms with van der Waals surface area (Å²) in [6.07, 6.45) is 2.00. The molecule has 1 spiro atoms. The SMILES string of the molecule is O=C(O)CCN1CCC2(CC1)COc1cc(NC(=O)c3c(Cl)cccc3Cl)ccc12. The Bertz CT molecular complexity index is 967. The van der Waals surface area contributed by atoms with Gasteiger partial charge in [-0.1, -0.05) is 35.3 Å². The van der Waals surface area contributed by atoms with E-state index in [-0.39, 0.29) is 23.3 Å². The maximum Gasteiger partial charge on any atom is 0.304 e. The van der Waals surface area contributed by atoms with Gasteiger partial charge in [-0.3, -0.25) is 9.59 Å². The summed E-state index contributed by atoms with van der Waals surface area (Å²) in [5, 5.41) is 12.3. The molecule has 2 heterocycles. The number of likely N-dealkylation sites (tertiary alicyclic amines) is 1. The van der Waals surface area contributed by atoms with Crippen molar-refractivity contribution in [3.05, 3.63) is 57.6 Å². The van der Waals surface area contributed by atoms with Gasteiger partial charge < -0.3 is 20.1 Å². The lowest BCUT2D eigenvalue weighted by Gasteiger charge is -2.38. The summed E-state index contributed by atoms with van der Waals surface area (Å²) in [6.45, 7) is 2.87. The Morgan fingerprint density at radius 3 is 2.50 bits per heavy atom. The number of hydrogen-bond donors (Lipinski definition) is 2. The van der Waals surface area contributed by atoms with E-state index < -0.39 is 5.97 Å². The van der Waals surface area contributed by atoms with Crippen LogP contribution in [-0.4, -0.2) is 48.1 Å². The van der Waals surface area contributed by atoms with Crippen LogP contribution in [0.5, 0.6) is 5.75 Å². The number of carbonyl (C=O) groups excluding carboxylic acids is 1. The van der Waals surface area contributed by atoms with E-state index in [1.807, 2.05) is 18.2 Å². The smallest absolute Gasteiger partial charge is 0.304 e. The summed E-state index contributed by atoms with van der Waals surface area (Å²) in [5.74, 6) is -0.362. The molecule has 6 nitrogen and oxygen atoms in total. The van der Waals surface area contributed by atoms with Gasteiger partial charge in [0.25, 0.3) is 5.91 Å². The summed E-state index contributed by atoms with van der Waals surface area (Å²) in [6, 6.07) is 10.7. The summed E-state index contributed by atoms with van der Waals surface area (Å²) in [7, 11) is 0. The van der Waals surface area contributed by atoms with Crippen molar-refractivity contribution in [2.24, 2.45) is 0 Å². The van der Waals surface area contributed by atoms with Gasteiger partial charge >= 0.3 is 5.97 Å². The van der Waals surface area contributed by atoms with Crippen LogP contribution in [0, 0.1) is 0 Å². The van der Waals surface area contributed by atoms with Crippen LogP contribution in [0.15, 0.2) is 36.4 Å². The van der Waals surface area contributed by atoms with E-state index in [1.165, 1.54) is 0 Å². The van der Waals surface area contributed by atoms with Gasteiger partial charge in [-0.05, 0) is 44.1 Å². The van der Waals surface area contributed by atoms with Crippen LogP contribution >= 0.6 is 23.2 Å². The molecule has 0 atom stereocenters. The molecule has 0 radical (unpaired) electrons. The van der Waals surface area contributed by atoms with Crippen LogP contribution in [0.1, 0.15) is 35.2 Å². The highest BCUT2D eigenvalue weighted by atomic mass is 35.5. The Morgan fingerprint density at radius 1 is 1.13 bits per heavy atom. The molecule has 0 bridgehead atoms. The van der Waals surface area contributed by atoms with E-state index in [0.717, 1.165) is 37.2 Å². The Hall–Kier alpha value is -2.28. The molecule has 30 heavy (non-hydrogen) atoms. The number of piperidine rings is 1. The van der Waals surface area contributed by atoms with Gasteiger partial charge in [-0.25, -0.2) is 0 Å². The molecule has 0 saturated carbocycles. The zero-order valence-electron chi connectivity index (χ0n) is 16.3. The molecule has 2 aromatic carbocycles. The van der Waals surface area contributed by atoms with Crippen LogP contribution in [-0.2, 0) is 10.2 Å². The number of hydrogen-bond acceptors (Lipinski definition) is 4. The molecule has 2 N–H and O–H groups in total. The third-order valence-electron chi connectivity index (χ3n) is 5.96. The second-order valence-corrected chi connectivity index (χ2v) is 8.63. The minimum Gasteiger partial charge on any atom is -0.492 e. The first kappa shape index (κ1) is 21.0. The third-order valence-corrected chi connectivity index (χ3v) is 6.59. The van der Waals surface area contributed by atoms with Crippen molar-refractivity contribution in [2.75, 3.05) is 31.6 Å². The quantitative estimate of drug-likeness (QED) is 0.706. The summed E-state index contributed by atoms with van der Waals surface area (Å²) in [5.41, 5.74) is 1.95. The number of fused-ring (bicyclic) bond motifs is 2. The molecule has 0 aliphatic carbocycles. The maximum atomic E-state index is 12.6. The van der Waals surface area contributed by atoms with E-state index >= 15 is 0 Å². The van der Waals surface area contributed by atoms with Crippen LogP contribution in [0.25, 0.3) is 0 Å². The van der Waals surface area contributed by atoms with Gasteiger partial charge in [0.2, 0.25) is 0 Å². The number of nitrogens with zero attached hydrogens (tertiary/aromatic N) is 1. The third kappa shape index (κ3) is 4.13. The Kier molecular flexibility index (Phi) is 5.91. The molecule has 8 heteroatoms. The first-order valence-corrected chi connectivity index (χ1v) is 10.6. The molecule has 2 aliphatic heterocycles. The number of benzene rings is 2. The molecular weight excluding hydrogens is 427 g/mol. The molecule has 0 unspecified atom stereocenters. The second kappa shape index (κ2) is 8.46. The van der Waals surface area contributed by atoms with Crippen molar-refractivity contribution in [3.8, 4) is 5.75 Å². The average Bonchev–Trinajstić information content (AvgIpc) is 3.05. The van der Waals surface area contributed by atoms with Crippen molar-refractivity contribution in [1.29, 1.82) is 0 Å². The lowest BCUT2D eigenvalue weighted by molar-refractivity contribution is -0.137. The normalized spacial score (nSPS) is 17.4. The Balaban J connectivity index is 1.46. The Morgan fingerprint density at radius 2 is 1.83 bits per heavy atom. The van der Waals surface area contributed by atoms with Crippen LogP contribution in [0.4, 0.5) is 5.69 Å². The lowest BCUT2D eigenvalue weighted by atomic mass is 9.74. The summed E-state index contributed by atoms with van der Waals surface area (Å²) in [4.78, 5) is 25.6. The number of anilines is 1. The van der Waals surface area contributed by atoms with Gasteiger partial charge in [-0.15, -0.1) is 0 Å². The number of aliphatic carboxylic acids is 1. The number of amides is 1. The number of carboxylic acids is 1. The fourth-order valence-corrected chi connectivity index (χ4v) is 4.80. The number of carbonyl (C=O) groups is 2. The van der Waals surface area contributed by atoms with Crippen molar-refractivity contribution >= 4 is 40.8 Å². The largest absolute Gasteiger partial charge is 0.492 e. The highest BCUT2D eigenvalue weighted by Crippen LogP contribution is 2.46. The number of nitrogens with one attached hydrogen (secondary N) is 1. The highest BCUT2D eigenvalue weighted by Gasteiger charge is 2.43. The van der Waals surface area contributed by atoms with Crippen LogP contribution < -0.4 is 10.1 Å². The fraction of sp³-hybridized carbons (Fsp3) is 0.364. The molecule has 1 fully saturated rings. The van der Waals surface area contributed by atoms with Gasteiger partial charge in [-0.2, -0.15) is 0 Å². The van der Waals surface area contributed by atoms with E-state index in [4.69, 9.17) is 33.0 Å². The van der Waals surface area contributed by atoms with Gasteiger partial charge in [0.15, 0.2) is 0 Å². The van der Waals surface area contributed by atoms with E-state index in [0.29, 0.717) is 28.9 Å². The second-order valence-electron chi connectivity index (χ2n) is 7.82. The predicted molar refractivity (Wildman–Crippen MR) is 116 cm³/mol. The molecule has 1 amide bonds. The first-order chi connectivity index (χ1) is 14.4. The summed E-state index contributed by atoms with van der Waals surface area (Å²) < 4.78 is 5.98. The predicted octanol–water partition coefficient (Wildman–Crippen LogP) is 4.45. The van der Waals surface area contributed by atoms with Crippen molar-refractivity contribution in [1.82, 2.24) is 4.90 Å². The molecule has 158 valence electrons. The van der Waals surface area contributed by atoms with Crippen molar-refractivity contribution in [2.45, 2.75) is 24.7 Å². The highest BCUT2D eigenvalue weighted by molar-refractivity contribution is 6.40. The Labute approximate surface area is 184 Å². The van der Waals surface area contributed by atoms with E-state index in [2.05, 4.69) is 10.2 Å². The number of rotatable bonds is 5. The molecule has 2 aromatic rings. The first-order valence-electron chi connectivity index (χ1n) is 9.85. The standard InChI is InChI=1S/C22H22Cl2N2O4/c23-16-2-1-3-17(24)20(16)21(29)25-14-4-5-15-18(12-14)30-13-22(15)7-10-26(11-8-22)9-6-19(27)28/h1-5,12H,6-11,13H2,(H,25,29)(H,27,28). The molecule has 0 aromatic heterocycles. The van der Waals surface area contributed by atoms with Gasteiger partial charge in [0.1, 0.15) is 5.75 Å². The topological polar surface area (TPSA) is 78.9 Å². The molecular formula is C22H22Cl2N2O4. The minimum absolute atomic E-state index is 0.0519. The van der Waals surface area contributed by atoms with Gasteiger partial charge in [0.05, 0.1) is 28.6 Å². The summed E-state index contributed by atoms with van der Waals surface area (Å²) >= 11 is 12.3. The maximum absolute atomic E-state index is 12.6. The molecule has 1 saturated heterocycles. The fourth-order valence-electron chi connectivity index (χ4n) is 4.23. The van der Waals surface area contributed by atoms with E-state index in [9.17, 15) is 9.59 Å². The number of carboxylic acid groups (broad SMARTS) is 1. The molecule has 2 aliphatic rings.